The van der Waals surface area contributed by atoms with Crippen molar-refractivity contribution in [3.8, 4) is 5.75 Å². The minimum absolute atomic E-state index is 0.128. The van der Waals surface area contributed by atoms with Gasteiger partial charge in [-0.2, -0.15) is 0 Å². The van der Waals surface area contributed by atoms with E-state index in [2.05, 4.69) is 10.2 Å². The predicted octanol–water partition coefficient (Wildman–Crippen LogP) is 1.02. The number of aliphatic hydroxyl groups is 1. The number of hydrogen-bond acceptors (Lipinski definition) is 7. The number of carbonyl (C=O) groups excluding carboxylic acids is 1. The van der Waals surface area contributed by atoms with Crippen LogP contribution in [0.3, 0.4) is 0 Å². The average Bonchev–Trinajstić information content (AvgIpc) is 2.58. The van der Waals surface area contributed by atoms with Crippen molar-refractivity contribution in [2.24, 2.45) is 0 Å². The number of hydrogen-bond donors (Lipinski definition) is 2. The van der Waals surface area contributed by atoms with Gasteiger partial charge in [0.25, 0.3) is 5.09 Å². The van der Waals surface area contributed by atoms with E-state index in [-0.39, 0.29) is 25.5 Å². The summed E-state index contributed by atoms with van der Waals surface area (Å²) in [6.07, 6.45) is -1.13. The molecule has 1 rings (SSSR count). The number of nitrogens with one attached hydrogen (secondary N) is 1. The molecule has 0 fully saturated rings. The number of rotatable bonds is 12. The fourth-order valence-electron chi connectivity index (χ4n) is 2.30. The lowest BCUT2D eigenvalue weighted by molar-refractivity contribution is -0.767. The molecule has 1 aromatic rings. The Morgan fingerprint density at radius 1 is 1.30 bits per heavy atom. The van der Waals surface area contributed by atoms with Crippen LogP contribution >= 0.6 is 0 Å². The van der Waals surface area contributed by atoms with Crippen LogP contribution in [0.15, 0.2) is 24.3 Å². The van der Waals surface area contributed by atoms with Crippen LogP contribution in [-0.4, -0.2) is 66.0 Å². The smallest absolute Gasteiger partial charge is 0.294 e. The lowest BCUT2D eigenvalue weighted by Gasteiger charge is -2.20. The Morgan fingerprint density at radius 3 is 2.48 bits per heavy atom. The number of likely N-dealkylation sites (N-methyl/N-ethyl adjacent to an activating group) is 1. The molecule has 152 valence electrons. The highest BCUT2D eigenvalue weighted by molar-refractivity contribution is 5.78. The van der Waals surface area contributed by atoms with Gasteiger partial charge in [-0.15, -0.1) is 10.1 Å². The van der Waals surface area contributed by atoms with E-state index in [0.717, 1.165) is 5.56 Å². The molecule has 9 heteroatoms. The summed E-state index contributed by atoms with van der Waals surface area (Å²) >= 11 is 0. The molecule has 0 aliphatic rings. The second kappa shape index (κ2) is 11.3. The number of ether oxygens (including phenoxy) is 1. The Balaban J connectivity index is 2.42. The highest BCUT2D eigenvalue weighted by Crippen LogP contribution is 2.13. The van der Waals surface area contributed by atoms with E-state index in [1.807, 2.05) is 13.8 Å². The first-order chi connectivity index (χ1) is 12.7. The third-order valence-corrected chi connectivity index (χ3v) is 3.71. The van der Waals surface area contributed by atoms with Gasteiger partial charge in [0.2, 0.25) is 5.91 Å². The van der Waals surface area contributed by atoms with Crippen molar-refractivity contribution in [2.45, 2.75) is 45.4 Å². The molecule has 9 nitrogen and oxygen atoms in total. The Bertz CT molecular complexity index is 593. The molecule has 0 bridgehead atoms. The molecule has 0 spiro atoms. The molecule has 2 unspecified atom stereocenters. The van der Waals surface area contributed by atoms with Crippen LogP contribution in [0.5, 0.6) is 5.75 Å². The van der Waals surface area contributed by atoms with Crippen molar-refractivity contribution < 1.29 is 24.6 Å². The molecule has 0 saturated carbocycles. The van der Waals surface area contributed by atoms with Crippen molar-refractivity contribution in [3.63, 3.8) is 0 Å². The van der Waals surface area contributed by atoms with E-state index in [1.54, 1.807) is 31.3 Å². The molecule has 0 aromatic heterocycles. The Morgan fingerprint density at radius 2 is 1.93 bits per heavy atom. The summed E-state index contributed by atoms with van der Waals surface area (Å²) in [5.41, 5.74) is 0.795. The van der Waals surface area contributed by atoms with Crippen molar-refractivity contribution in [1.82, 2.24) is 10.2 Å². The second-order valence-electron chi connectivity index (χ2n) is 6.76. The van der Waals surface area contributed by atoms with Gasteiger partial charge in [-0.3, -0.25) is 4.79 Å². The molecule has 0 saturated heterocycles. The van der Waals surface area contributed by atoms with Gasteiger partial charge in [-0.1, -0.05) is 26.0 Å². The third kappa shape index (κ3) is 9.76. The van der Waals surface area contributed by atoms with Crippen LogP contribution in [0.2, 0.25) is 0 Å². The van der Waals surface area contributed by atoms with Gasteiger partial charge in [0.05, 0.1) is 6.42 Å². The highest BCUT2D eigenvalue weighted by Gasteiger charge is 2.15. The van der Waals surface area contributed by atoms with Gasteiger partial charge >= 0.3 is 0 Å². The standard InChI is InChI=1S/C18H29N3O6/c1-13(2)19-10-16(22)12-26-17-7-5-15(6-8-17)9-18(23)20(4)11-14(3)27-21(24)25/h5-8,13-14,16,19,22H,9-12H2,1-4H3. The summed E-state index contributed by atoms with van der Waals surface area (Å²) in [6.45, 7) is 6.29. The van der Waals surface area contributed by atoms with Crippen molar-refractivity contribution in [1.29, 1.82) is 0 Å². The SMILES string of the molecule is CC(C)NCC(O)COc1ccc(CC(=O)N(C)CC(C)O[N+](=O)[O-])cc1. The first-order valence-corrected chi connectivity index (χ1v) is 8.85. The summed E-state index contributed by atoms with van der Waals surface area (Å²) < 4.78 is 5.53. The number of amides is 1. The van der Waals surface area contributed by atoms with Crippen LogP contribution in [0.25, 0.3) is 0 Å². The summed E-state index contributed by atoms with van der Waals surface area (Å²) in [6, 6.07) is 7.32. The quantitative estimate of drug-likeness (QED) is 0.409. The fourth-order valence-corrected chi connectivity index (χ4v) is 2.30. The van der Waals surface area contributed by atoms with E-state index in [9.17, 15) is 20.0 Å². The summed E-state index contributed by atoms with van der Waals surface area (Å²) in [4.78, 5) is 28.3. The Kier molecular flexibility index (Phi) is 9.52. The van der Waals surface area contributed by atoms with Crippen LogP contribution in [-0.2, 0) is 16.1 Å². The lowest BCUT2D eigenvalue weighted by atomic mass is 10.1. The van der Waals surface area contributed by atoms with Gasteiger partial charge in [0.15, 0.2) is 0 Å². The zero-order valence-corrected chi connectivity index (χ0v) is 16.3. The van der Waals surface area contributed by atoms with Crippen molar-refractivity contribution in [2.75, 3.05) is 26.7 Å². The van der Waals surface area contributed by atoms with Crippen molar-refractivity contribution in [3.05, 3.63) is 39.9 Å². The molecular formula is C18H29N3O6. The largest absolute Gasteiger partial charge is 0.491 e. The van der Waals surface area contributed by atoms with Gasteiger partial charge in [0, 0.05) is 26.2 Å². The summed E-state index contributed by atoms with van der Waals surface area (Å²) in [7, 11) is 1.58. The average molecular weight is 383 g/mol. The molecule has 2 N–H and O–H groups in total. The number of benzene rings is 1. The molecule has 0 aliphatic carbocycles. The third-order valence-electron chi connectivity index (χ3n) is 3.71. The monoisotopic (exact) mass is 383 g/mol. The van der Waals surface area contributed by atoms with Crippen LogP contribution in [0.4, 0.5) is 0 Å². The first kappa shape index (κ1) is 22.7. The zero-order valence-electron chi connectivity index (χ0n) is 16.3. The number of nitrogens with zero attached hydrogens (tertiary/aromatic N) is 2. The maximum absolute atomic E-state index is 12.2. The minimum atomic E-state index is -0.864. The molecule has 2 atom stereocenters. The molecule has 0 aliphatic heterocycles. The van der Waals surface area contributed by atoms with Crippen LogP contribution < -0.4 is 10.1 Å². The summed E-state index contributed by atoms with van der Waals surface area (Å²) in [5, 5.41) is 22.4. The molecule has 0 heterocycles. The van der Waals surface area contributed by atoms with Gasteiger partial charge in [-0.25, -0.2) is 0 Å². The molecular weight excluding hydrogens is 354 g/mol. The van der Waals surface area contributed by atoms with Crippen LogP contribution in [0, 0.1) is 10.1 Å². The predicted molar refractivity (Wildman–Crippen MR) is 100.0 cm³/mol. The zero-order chi connectivity index (χ0) is 20.4. The van der Waals surface area contributed by atoms with E-state index in [1.165, 1.54) is 11.8 Å². The fraction of sp³-hybridized carbons (Fsp3) is 0.611. The van der Waals surface area contributed by atoms with Crippen LogP contribution in [0.1, 0.15) is 26.3 Å². The number of aliphatic hydroxyl groups excluding tert-OH is 1. The van der Waals surface area contributed by atoms with Gasteiger partial charge < -0.3 is 24.9 Å². The lowest BCUT2D eigenvalue weighted by Crippen LogP contribution is -2.36. The Labute approximate surface area is 159 Å². The molecule has 0 radical (unpaired) electrons. The summed E-state index contributed by atoms with van der Waals surface area (Å²) in [5.74, 6) is 0.439. The Hall–Kier alpha value is -2.39. The van der Waals surface area contributed by atoms with Gasteiger partial charge in [-0.05, 0) is 24.6 Å². The number of carbonyl (C=O) groups is 1. The molecule has 27 heavy (non-hydrogen) atoms. The topological polar surface area (TPSA) is 114 Å². The molecule has 1 aromatic carbocycles. The van der Waals surface area contributed by atoms with E-state index in [4.69, 9.17) is 4.74 Å². The van der Waals surface area contributed by atoms with Gasteiger partial charge in [0.1, 0.15) is 24.6 Å². The van der Waals surface area contributed by atoms with E-state index < -0.39 is 17.3 Å². The minimum Gasteiger partial charge on any atom is -0.491 e. The first-order valence-electron chi connectivity index (χ1n) is 8.85. The van der Waals surface area contributed by atoms with E-state index >= 15 is 0 Å². The normalized spacial score (nSPS) is 13.1. The highest BCUT2D eigenvalue weighted by atomic mass is 17.0. The van der Waals surface area contributed by atoms with E-state index in [0.29, 0.717) is 18.3 Å². The maximum Gasteiger partial charge on any atom is 0.294 e. The van der Waals surface area contributed by atoms with Crippen molar-refractivity contribution >= 4 is 5.91 Å². The maximum atomic E-state index is 12.2. The second-order valence-corrected chi connectivity index (χ2v) is 6.76. The molecule has 1 amide bonds.